The minimum Gasteiger partial charge on any atom is -0.353 e. The topological polar surface area (TPSA) is 46.2 Å². The van der Waals surface area contributed by atoms with Gasteiger partial charge in [0.25, 0.3) is 0 Å². The summed E-state index contributed by atoms with van der Waals surface area (Å²) in [5.74, 6) is -0.128. The summed E-state index contributed by atoms with van der Waals surface area (Å²) < 4.78 is 0. The van der Waals surface area contributed by atoms with Gasteiger partial charge in [0.05, 0.1) is 4.88 Å². The molecule has 1 heterocycles. The molecule has 122 valence electrons. The van der Waals surface area contributed by atoms with Gasteiger partial charge in [-0.2, -0.15) is 0 Å². The van der Waals surface area contributed by atoms with Crippen molar-refractivity contribution in [3.63, 3.8) is 0 Å². The number of carbonyl (C=O) groups excluding carboxylic acids is 2. The third kappa shape index (κ3) is 7.80. The molecule has 1 N–H and O–H groups in total. The van der Waals surface area contributed by atoms with E-state index in [4.69, 9.17) is 0 Å². The van der Waals surface area contributed by atoms with E-state index in [1.807, 2.05) is 18.4 Å². The van der Waals surface area contributed by atoms with E-state index in [0.29, 0.717) is 6.54 Å². The van der Waals surface area contributed by atoms with E-state index in [2.05, 4.69) is 12.2 Å². The van der Waals surface area contributed by atoms with Crippen LogP contribution in [0.25, 0.3) is 0 Å². The van der Waals surface area contributed by atoms with Gasteiger partial charge in [0, 0.05) is 12.6 Å². The highest BCUT2D eigenvalue weighted by Gasteiger charge is 2.09. The number of amides is 1. The van der Waals surface area contributed by atoms with Crippen LogP contribution in [0.5, 0.6) is 0 Å². The number of rotatable bonds is 10. The van der Waals surface area contributed by atoms with Crippen LogP contribution in [0.4, 0.5) is 0 Å². The number of thioether (sulfide) groups is 1. The van der Waals surface area contributed by atoms with Crippen LogP contribution in [0.2, 0.25) is 0 Å². The van der Waals surface area contributed by atoms with Crippen LogP contribution < -0.4 is 5.32 Å². The zero-order valence-corrected chi connectivity index (χ0v) is 15.0. The number of aryl methyl sites for hydroxylation is 1. The van der Waals surface area contributed by atoms with Crippen molar-refractivity contribution in [3.05, 3.63) is 33.4 Å². The van der Waals surface area contributed by atoms with Crippen LogP contribution in [0.15, 0.2) is 22.9 Å². The van der Waals surface area contributed by atoms with Gasteiger partial charge in [-0.3, -0.25) is 9.59 Å². The van der Waals surface area contributed by atoms with Gasteiger partial charge in [0.1, 0.15) is 0 Å². The summed E-state index contributed by atoms with van der Waals surface area (Å²) in [6.07, 6.45) is 8.68. The standard InChI is InChI=1S/C17H25NO2S2/c1-3-4-5-6-7-8-11-18-15(19)10-13-22-17(20)16-14(2)9-12-21-16/h9-10,12-13H,3-8,11H2,1-2H3,(H,18,19). The summed E-state index contributed by atoms with van der Waals surface area (Å²) in [7, 11) is 0. The number of hydrogen-bond acceptors (Lipinski definition) is 4. The Morgan fingerprint density at radius 2 is 1.95 bits per heavy atom. The maximum atomic E-state index is 11.9. The van der Waals surface area contributed by atoms with E-state index < -0.39 is 0 Å². The molecule has 0 bridgehead atoms. The molecule has 0 aliphatic rings. The summed E-state index contributed by atoms with van der Waals surface area (Å²) in [6.45, 7) is 4.83. The molecule has 0 unspecified atom stereocenters. The molecular formula is C17H25NO2S2. The summed E-state index contributed by atoms with van der Waals surface area (Å²) in [5.41, 5.74) is 0.989. The van der Waals surface area contributed by atoms with Gasteiger partial charge in [-0.25, -0.2) is 0 Å². The first-order valence-corrected chi connectivity index (χ1v) is 9.60. The second kappa shape index (κ2) is 11.5. The quantitative estimate of drug-likeness (QED) is 0.486. The summed E-state index contributed by atoms with van der Waals surface area (Å²) in [5, 5.41) is 6.31. The van der Waals surface area contributed by atoms with Crippen molar-refractivity contribution in [2.24, 2.45) is 0 Å². The van der Waals surface area contributed by atoms with Crippen LogP contribution in [0.1, 0.15) is 60.7 Å². The molecule has 0 aliphatic heterocycles. The van der Waals surface area contributed by atoms with Crippen molar-refractivity contribution in [2.75, 3.05) is 6.54 Å². The van der Waals surface area contributed by atoms with Gasteiger partial charge in [0.2, 0.25) is 11.0 Å². The monoisotopic (exact) mass is 339 g/mol. The highest BCUT2D eigenvalue weighted by Crippen LogP contribution is 2.22. The fourth-order valence-electron chi connectivity index (χ4n) is 1.97. The van der Waals surface area contributed by atoms with Crippen LogP contribution in [0.3, 0.4) is 0 Å². The first-order valence-electron chi connectivity index (χ1n) is 7.84. The molecule has 0 aromatic carbocycles. The number of unbranched alkanes of at least 4 members (excludes halogenated alkanes) is 5. The first-order chi connectivity index (χ1) is 10.6. The van der Waals surface area contributed by atoms with Gasteiger partial charge in [-0.05, 0) is 35.8 Å². The molecule has 0 radical (unpaired) electrons. The lowest BCUT2D eigenvalue weighted by molar-refractivity contribution is -0.116. The molecule has 1 aromatic rings. The summed E-state index contributed by atoms with van der Waals surface area (Å²) in [6, 6.07) is 1.93. The van der Waals surface area contributed by atoms with Gasteiger partial charge in [0.15, 0.2) is 0 Å². The average Bonchev–Trinajstić information content (AvgIpc) is 2.92. The van der Waals surface area contributed by atoms with Crippen LogP contribution in [-0.4, -0.2) is 17.6 Å². The van der Waals surface area contributed by atoms with Gasteiger partial charge in [-0.1, -0.05) is 50.8 Å². The Hall–Kier alpha value is -1.07. The highest BCUT2D eigenvalue weighted by molar-refractivity contribution is 8.16. The number of carbonyl (C=O) groups is 2. The summed E-state index contributed by atoms with van der Waals surface area (Å²) >= 11 is 2.50. The molecular weight excluding hydrogens is 314 g/mol. The van der Waals surface area contributed by atoms with Crippen molar-refractivity contribution in [1.82, 2.24) is 5.32 Å². The predicted molar refractivity (Wildman–Crippen MR) is 96.5 cm³/mol. The lowest BCUT2D eigenvalue weighted by atomic mass is 10.1. The van der Waals surface area contributed by atoms with E-state index in [1.165, 1.54) is 43.1 Å². The van der Waals surface area contributed by atoms with Crippen molar-refractivity contribution in [3.8, 4) is 0 Å². The molecule has 0 saturated heterocycles. The molecule has 5 heteroatoms. The van der Waals surface area contributed by atoms with E-state index in [-0.39, 0.29) is 11.0 Å². The number of hydrogen-bond donors (Lipinski definition) is 1. The second-order valence-corrected chi connectivity index (χ2v) is 6.99. The normalized spacial score (nSPS) is 11.0. The Kier molecular flexibility index (Phi) is 9.91. The van der Waals surface area contributed by atoms with Gasteiger partial charge >= 0.3 is 0 Å². The molecule has 0 atom stereocenters. The van der Waals surface area contributed by atoms with Crippen LogP contribution >= 0.6 is 23.1 Å². The molecule has 1 aromatic heterocycles. The fourth-order valence-corrected chi connectivity index (χ4v) is 3.60. The maximum Gasteiger partial charge on any atom is 0.244 e. The Morgan fingerprint density at radius 3 is 2.64 bits per heavy atom. The zero-order valence-electron chi connectivity index (χ0n) is 13.4. The molecule has 0 saturated carbocycles. The molecule has 3 nitrogen and oxygen atoms in total. The molecule has 0 fully saturated rings. The first kappa shape index (κ1) is 19.0. The molecule has 0 aliphatic carbocycles. The zero-order chi connectivity index (χ0) is 16.2. The van der Waals surface area contributed by atoms with Gasteiger partial charge < -0.3 is 5.32 Å². The molecule has 22 heavy (non-hydrogen) atoms. The minimum atomic E-state index is -0.128. The third-order valence-electron chi connectivity index (χ3n) is 3.27. The van der Waals surface area contributed by atoms with Crippen LogP contribution in [-0.2, 0) is 4.79 Å². The molecule has 1 amide bonds. The van der Waals surface area contributed by atoms with Crippen LogP contribution in [0, 0.1) is 6.92 Å². The van der Waals surface area contributed by atoms with Gasteiger partial charge in [-0.15, -0.1) is 11.3 Å². The minimum absolute atomic E-state index is 0.00697. The highest BCUT2D eigenvalue weighted by atomic mass is 32.2. The lowest BCUT2D eigenvalue weighted by Crippen LogP contribution is -2.21. The smallest absolute Gasteiger partial charge is 0.244 e. The summed E-state index contributed by atoms with van der Waals surface area (Å²) in [4.78, 5) is 24.2. The Bertz CT molecular complexity index is 495. The lowest BCUT2D eigenvalue weighted by Gasteiger charge is -2.02. The fraction of sp³-hybridized carbons (Fsp3) is 0.529. The third-order valence-corrected chi connectivity index (χ3v) is 5.11. The van der Waals surface area contributed by atoms with E-state index in [0.717, 1.165) is 35.0 Å². The largest absolute Gasteiger partial charge is 0.353 e. The van der Waals surface area contributed by atoms with Crippen molar-refractivity contribution in [2.45, 2.75) is 52.4 Å². The SMILES string of the molecule is CCCCCCCCNC(=O)C=CSC(=O)c1sccc1C. The maximum absolute atomic E-state index is 11.9. The van der Waals surface area contributed by atoms with E-state index >= 15 is 0 Å². The Labute approximate surface area is 141 Å². The molecule has 0 spiro atoms. The second-order valence-electron chi connectivity index (χ2n) is 5.20. The van der Waals surface area contributed by atoms with E-state index in [9.17, 15) is 9.59 Å². The average molecular weight is 340 g/mol. The number of nitrogens with one attached hydrogen (secondary N) is 1. The van der Waals surface area contributed by atoms with Crippen molar-refractivity contribution >= 4 is 34.1 Å². The predicted octanol–water partition coefficient (Wildman–Crippen LogP) is 4.92. The Balaban J connectivity index is 2.12. The van der Waals surface area contributed by atoms with E-state index in [1.54, 1.807) is 5.41 Å². The Morgan fingerprint density at radius 1 is 1.23 bits per heavy atom. The number of thiophene rings is 1. The van der Waals surface area contributed by atoms with Crippen molar-refractivity contribution in [1.29, 1.82) is 0 Å². The molecule has 1 rings (SSSR count). The van der Waals surface area contributed by atoms with Crippen molar-refractivity contribution < 1.29 is 9.59 Å².